The number of aromatic amines is 1. The smallest absolute Gasteiger partial charge is 0.310 e. The maximum atomic E-state index is 12.7. The zero-order chi connectivity index (χ0) is 13.7. The summed E-state index contributed by atoms with van der Waals surface area (Å²) in [6, 6.07) is 1.52. The molecular formula is C11H10F2N2O3. The maximum Gasteiger partial charge on any atom is 0.310 e. The zero-order valence-electron chi connectivity index (χ0n) is 9.50. The van der Waals surface area contributed by atoms with Crippen LogP contribution in [0.3, 0.4) is 0 Å². The number of nitriles is 1. The molecule has 0 unspecified atom stereocenters. The predicted molar refractivity (Wildman–Crippen MR) is 57.1 cm³/mol. The van der Waals surface area contributed by atoms with Gasteiger partial charge in [-0.05, 0) is 12.5 Å². The first-order valence-corrected chi connectivity index (χ1v) is 5.09. The number of nitrogens with zero attached hydrogens (tertiary/aromatic N) is 1. The van der Waals surface area contributed by atoms with Crippen LogP contribution in [0.2, 0.25) is 0 Å². The van der Waals surface area contributed by atoms with Crippen LogP contribution in [0.4, 0.5) is 8.78 Å². The Morgan fingerprint density at radius 1 is 1.61 bits per heavy atom. The van der Waals surface area contributed by atoms with E-state index in [4.69, 9.17) is 5.26 Å². The highest BCUT2D eigenvalue weighted by atomic mass is 19.3. The number of esters is 1. The van der Waals surface area contributed by atoms with Gasteiger partial charge in [-0.15, -0.1) is 0 Å². The standard InChI is InChI=1S/C11H10F2N2O3/c1-2-18-9(16)3-6-7(4-14)11(17)15-5-8(6)10(12)13/h5,10H,2-3H2,1H3,(H,15,17). The number of rotatable bonds is 4. The number of halogens is 2. The summed E-state index contributed by atoms with van der Waals surface area (Å²) in [4.78, 5) is 24.6. The average molecular weight is 256 g/mol. The Morgan fingerprint density at radius 2 is 2.28 bits per heavy atom. The van der Waals surface area contributed by atoms with Gasteiger partial charge in [0.1, 0.15) is 11.6 Å². The molecule has 0 amide bonds. The van der Waals surface area contributed by atoms with Crippen molar-refractivity contribution in [3.63, 3.8) is 0 Å². The predicted octanol–water partition coefficient (Wildman–Crippen LogP) is 1.29. The molecule has 1 rings (SSSR count). The fraction of sp³-hybridized carbons (Fsp3) is 0.364. The first kappa shape index (κ1) is 13.8. The van der Waals surface area contributed by atoms with Gasteiger partial charge in [-0.1, -0.05) is 0 Å². The molecule has 0 fully saturated rings. The Balaban J connectivity index is 3.29. The molecule has 1 N–H and O–H groups in total. The van der Waals surface area contributed by atoms with Gasteiger partial charge in [-0.2, -0.15) is 5.26 Å². The van der Waals surface area contributed by atoms with E-state index in [0.717, 1.165) is 6.20 Å². The number of pyridine rings is 1. The Kier molecular flexibility index (Phi) is 4.54. The van der Waals surface area contributed by atoms with Crippen LogP contribution in [0.15, 0.2) is 11.0 Å². The number of alkyl halides is 2. The molecule has 96 valence electrons. The number of H-pyrrole nitrogens is 1. The summed E-state index contributed by atoms with van der Waals surface area (Å²) in [5, 5.41) is 8.78. The van der Waals surface area contributed by atoms with Crippen molar-refractivity contribution in [2.45, 2.75) is 19.8 Å². The SMILES string of the molecule is CCOC(=O)Cc1c(C(F)F)c[nH]c(=O)c1C#N. The summed E-state index contributed by atoms with van der Waals surface area (Å²) >= 11 is 0. The van der Waals surface area contributed by atoms with Gasteiger partial charge in [0, 0.05) is 11.8 Å². The first-order valence-electron chi connectivity index (χ1n) is 5.09. The summed E-state index contributed by atoms with van der Waals surface area (Å²) < 4.78 is 30.1. The van der Waals surface area contributed by atoms with E-state index in [2.05, 4.69) is 4.74 Å². The monoisotopic (exact) mass is 256 g/mol. The highest BCUT2D eigenvalue weighted by Gasteiger charge is 2.21. The number of ether oxygens (including phenoxy) is 1. The van der Waals surface area contributed by atoms with E-state index in [9.17, 15) is 18.4 Å². The van der Waals surface area contributed by atoms with Crippen LogP contribution < -0.4 is 5.56 Å². The summed E-state index contributed by atoms with van der Waals surface area (Å²) in [6.07, 6.45) is -2.61. The summed E-state index contributed by atoms with van der Waals surface area (Å²) in [5.41, 5.74) is -2.11. The fourth-order valence-corrected chi connectivity index (χ4v) is 1.44. The lowest BCUT2D eigenvalue weighted by atomic mass is 10.0. The molecular weight excluding hydrogens is 246 g/mol. The zero-order valence-corrected chi connectivity index (χ0v) is 9.50. The van der Waals surface area contributed by atoms with Gasteiger partial charge < -0.3 is 9.72 Å². The fourth-order valence-electron chi connectivity index (χ4n) is 1.44. The second kappa shape index (κ2) is 5.91. The third-order valence-corrected chi connectivity index (χ3v) is 2.21. The molecule has 0 atom stereocenters. The van der Waals surface area contributed by atoms with E-state index in [0.29, 0.717) is 0 Å². The van der Waals surface area contributed by atoms with Crippen LogP contribution >= 0.6 is 0 Å². The van der Waals surface area contributed by atoms with E-state index >= 15 is 0 Å². The lowest BCUT2D eigenvalue weighted by molar-refractivity contribution is -0.142. The quantitative estimate of drug-likeness (QED) is 0.823. The van der Waals surface area contributed by atoms with Gasteiger partial charge in [0.15, 0.2) is 0 Å². The Bertz CT molecular complexity index is 546. The van der Waals surface area contributed by atoms with Crippen LogP contribution in [-0.4, -0.2) is 17.6 Å². The molecule has 0 bridgehead atoms. The van der Waals surface area contributed by atoms with Crippen molar-refractivity contribution < 1.29 is 18.3 Å². The third-order valence-electron chi connectivity index (χ3n) is 2.21. The second-order valence-corrected chi connectivity index (χ2v) is 3.32. The molecule has 1 heterocycles. The van der Waals surface area contributed by atoms with Gasteiger partial charge in [0.05, 0.1) is 13.0 Å². The normalized spacial score (nSPS) is 10.2. The Labute approximate surface area is 101 Å². The highest BCUT2D eigenvalue weighted by molar-refractivity contribution is 5.74. The van der Waals surface area contributed by atoms with Crippen LogP contribution in [0.5, 0.6) is 0 Å². The lowest BCUT2D eigenvalue weighted by Gasteiger charge is -2.09. The van der Waals surface area contributed by atoms with Crippen molar-refractivity contribution in [2.75, 3.05) is 6.61 Å². The molecule has 0 aliphatic rings. The van der Waals surface area contributed by atoms with Crippen molar-refractivity contribution in [3.05, 3.63) is 33.2 Å². The molecule has 0 saturated carbocycles. The number of aromatic nitrogens is 1. The minimum Gasteiger partial charge on any atom is -0.466 e. The van der Waals surface area contributed by atoms with E-state index in [1.807, 2.05) is 4.98 Å². The summed E-state index contributed by atoms with van der Waals surface area (Å²) in [5.74, 6) is -0.762. The molecule has 0 aliphatic carbocycles. The van der Waals surface area contributed by atoms with Crippen molar-refractivity contribution in [2.24, 2.45) is 0 Å². The van der Waals surface area contributed by atoms with E-state index < -0.39 is 35.5 Å². The number of hydrogen-bond donors (Lipinski definition) is 1. The molecule has 0 aromatic carbocycles. The molecule has 5 nitrogen and oxygen atoms in total. The van der Waals surface area contributed by atoms with Gasteiger partial charge in [0.25, 0.3) is 12.0 Å². The van der Waals surface area contributed by atoms with Gasteiger partial charge in [-0.3, -0.25) is 9.59 Å². The van der Waals surface area contributed by atoms with Crippen LogP contribution in [0.25, 0.3) is 0 Å². The van der Waals surface area contributed by atoms with Crippen LogP contribution in [0, 0.1) is 11.3 Å². The highest BCUT2D eigenvalue weighted by Crippen LogP contribution is 2.23. The molecule has 18 heavy (non-hydrogen) atoms. The van der Waals surface area contributed by atoms with E-state index in [-0.39, 0.29) is 12.2 Å². The van der Waals surface area contributed by atoms with Crippen molar-refractivity contribution in [3.8, 4) is 6.07 Å². The van der Waals surface area contributed by atoms with Gasteiger partial charge in [-0.25, -0.2) is 8.78 Å². The molecule has 0 aliphatic heterocycles. The van der Waals surface area contributed by atoms with Crippen LogP contribution in [-0.2, 0) is 16.0 Å². The summed E-state index contributed by atoms with van der Waals surface area (Å²) in [6.45, 7) is 1.66. The number of carbonyl (C=O) groups is 1. The molecule has 0 radical (unpaired) electrons. The largest absolute Gasteiger partial charge is 0.466 e. The number of hydrogen-bond acceptors (Lipinski definition) is 4. The van der Waals surface area contributed by atoms with Gasteiger partial charge >= 0.3 is 5.97 Å². The lowest BCUT2D eigenvalue weighted by Crippen LogP contribution is -2.19. The second-order valence-electron chi connectivity index (χ2n) is 3.32. The number of carbonyl (C=O) groups excluding carboxylic acids is 1. The van der Waals surface area contributed by atoms with Crippen molar-refractivity contribution in [1.29, 1.82) is 5.26 Å². The molecule has 0 saturated heterocycles. The average Bonchev–Trinajstić information content (AvgIpc) is 2.29. The topological polar surface area (TPSA) is 83.0 Å². The molecule has 7 heteroatoms. The third kappa shape index (κ3) is 2.91. The van der Waals surface area contributed by atoms with Gasteiger partial charge in [0.2, 0.25) is 0 Å². The Hall–Kier alpha value is -2.23. The van der Waals surface area contributed by atoms with E-state index in [1.54, 1.807) is 6.92 Å². The molecule has 1 aromatic rings. The minimum absolute atomic E-state index is 0.0912. The molecule has 1 aromatic heterocycles. The minimum atomic E-state index is -2.89. The van der Waals surface area contributed by atoms with Crippen LogP contribution in [0.1, 0.15) is 30.0 Å². The van der Waals surface area contributed by atoms with Crippen molar-refractivity contribution >= 4 is 5.97 Å². The maximum absolute atomic E-state index is 12.7. The summed E-state index contributed by atoms with van der Waals surface area (Å²) in [7, 11) is 0. The first-order chi connectivity index (χ1) is 8.51. The molecule has 0 spiro atoms. The number of nitrogens with one attached hydrogen (secondary N) is 1. The Morgan fingerprint density at radius 3 is 2.78 bits per heavy atom. The van der Waals surface area contributed by atoms with E-state index in [1.165, 1.54) is 6.07 Å². The van der Waals surface area contributed by atoms with Crippen molar-refractivity contribution in [1.82, 2.24) is 4.98 Å².